The molecule has 0 aliphatic carbocycles. The molecule has 0 spiro atoms. The summed E-state index contributed by atoms with van der Waals surface area (Å²) in [6, 6.07) is 13.3. The fraction of sp³-hybridized carbons (Fsp3) is 0.154. The number of aryl methyl sites for hydroxylation is 2. The minimum absolute atomic E-state index is 0.0689. The first-order chi connectivity index (χ1) is 16.6. The van der Waals surface area contributed by atoms with Crippen molar-refractivity contribution in [3.63, 3.8) is 0 Å². The van der Waals surface area contributed by atoms with E-state index in [0.717, 1.165) is 26.8 Å². The van der Waals surface area contributed by atoms with Crippen LogP contribution < -0.4 is 9.24 Å². The highest BCUT2D eigenvalue weighted by molar-refractivity contribution is 7.93. The maximum Gasteiger partial charge on any atom is 0.396 e. The molecule has 0 radical (unpaired) electrons. The molecular formula is C26H21NO6S2. The highest BCUT2D eigenvalue weighted by atomic mass is 32.2. The van der Waals surface area contributed by atoms with E-state index in [4.69, 9.17) is 8.83 Å². The molecule has 0 atom stereocenters. The molecular weight excluding hydrogens is 486 g/mol. The molecule has 1 amide bonds. The molecule has 2 heterocycles. The summed E-state index contributed by atoms with van der Waals surface area (Å²) >= 11 is 0.847. The molecule has 5 rings (SSSR count). The fourth-order valence-electron chi connectivity index (χ4n) is 4.35. The second kappa shape index (κ2) is 8.21. The van der Waals surface area contributed by atoms with Crippen LogP contribution in [0, 0.1) is 27.7 Å². The minimum Gasteiger partial charge on any atom is -0.459 e. The number of carbonyl (C=O) groups excluding carboxylic acids is 1. The maximum atomic E-state index is 14.4. The Balaban J connectivity index is 1.91. The summed E-state index contributed by atoms with van der Waals surface area (Å²) in [5.41, 5.74) is 3.17. The predicted molar refractivity (Wildman–Crippen MR) is 136 cm³/mol. The van der Waals surface area contributed by atoms with E-state index in [0.29, 0.717) is 32.2 Å². The molecule has 9 heteroatoms. The fourth-order valence-corrected chi connectivity index (χ4v) is 7.07. The first-order valence-corrected chi connectivity index (χ1v) is 13.0. The number of nitrogens with zero attached hydrogens (tertiary/aromatic N) is 1. The number of amides is 1. The number of hydrogen-bond acceptors (Lipinski definition) is 7. The van der Waals surface area contributed by atoms with Crippen molar-refractivity contribution in [1.82, 2.24) is 0 Å². The van der Waals surface area contributed by atoms with Crippen molar-refractivity contribution in [3.05, 3.63) is 92.5 Å². The van der Waals surface area contributed by atoms with Crippen LogP contribution in [0.5, 0.6) is 0 Å². The van der Waals surface area contributed by atoms with E-state index in [1.165, 1.54) is 24.5 Å². The van der Waals surface area contributed by atoms with E-state index < -0.39 is 20.9 Å². The average molecular weight is 508 g/mol. The Bertz CT molecular complexity index is 1770. The van der Waals surface area contributed by atoms with Crippen molar-refractivity contribution in [2.45, 2.75) is 32.6 Å². The number of hydrogen-bond donors (Lipinski definition) is 0. The van der Waals surface area contributed by atoms with Gasteiger partial charge in [0.1, 0.15) is 0 Å². The Morgan fingerprint density at radius 3 is 2.20 bits per heavy atom. The normalized spacial score (nSPS) is 11.9. The average Bonchev–Trinajstić information content (AvgIpc) is 3.47. The van der Waals surface area contributed by atoms with Gasteiger partial charge < -0.3 is 8.83 Å². The van der Waals surface area contributed by atoms with Gasteiger partial charge in [-0.2, -0.15) is 4.31 Å². The molecule has 0 aliphatic heterocycles. The number of sulfonamides is 1. The van der Waals surface area contributed by atoms with Gasteiger partial charge in [0.05, 0.1) is 21.5 Å². The van der Waals surface area contributed by atoms with Crippen LogP contribution in [0.15, 0.2) is 73.3 Å². The van der Waals surface area contributed by atoms with Crippen LogP contribution in [0.1, 0.15) is 32.8 Å². The highest BCUT2D eigenvalue weighted by Crippen LogP contribution is 2.40. The third-order valence-electron chi connectivity index (χ3n) is 6.25. The lowest BCUT2D eigenvalue weighted by Gasteiger charge is -2.26. The third kappa shape index (κ3) is 3.59. The van der Waals surface area contributed by atoms with Gasteiger partial charge in [-0.05, 0) is 68.1 Å². The monoisotopic (exact) mass is 507 g/mol. The summed E-state index contributed by atoms with van der Waals surface area (Å²) in [6.45, 7) is 7.13. The quantitative estimate of drug-likeness (QED) is 0.302. The summed E-state index contributed by atoms with van der Waals surface area (Å²) in [4.78, 5) is 25.4. The topological polar surface area (TPSA) is 97.8 Å². The Labute approximate surface area is 205 Å². The number of anilines is 1. The highest BCUT2D eigenvalue weighted by Gasteiger charge is 2.37. The molecule has 2 aromatic heterocycles. The second-order valence-electron chi connectivity index (χ2n) is 8.36. The summed E-state index contributed by atoms with van der Waals surface area (Å²) in [5, 5.41) is 0.976. The van der Waals surface area contributed by atoms with Gasteiger partial charge in [0.2, 0.25) is 0 Å². The summed E-state index contributed by atoms with van der Waals surface area (Å²) < 4.78 is 40.7. The Kier molecular flexibility index (Phi) is 5.41. The standard InChI is InChI=1S/C26H21NO6S2/c1-14-12-15(2)17(4)24(16(14)3)35(30,31)27(25(28)21-10-7-11-32-21)20-13-22-23(33-26(29)34-22)19-9-6-5-8-18(19)20/h5-13H,1-4H3. The molecule has 0 saturated heterocycles. The Hall–Kier alpha value is -3.69. The molecule has 35 heavy (non-hydrogen) atoms. The molecule has 0 N–H and O–H groups in total. The molecule has 0 bridgehead atoms. The van der Waals surface area contributed by atoms with Gasteiger partial charge in [0, 0.05) is 10.8 Å². The van der Waals surface area contributed by atoms with Crippen LogP contribution in [0.4, 0.5) is 5.69 Å². The van der Waals surface area contributed by atoms with Crippen molar-refractivity contribution >= 4 is 54.0 Å². The zero-order valence-electron chi connectivity index (χ0n) is 19.4. The Morgan fingerprint density at radius 2 is 1.57 bits per heavy atom. The van der Waals surface area contributed by atoms with Gasteiger partial charge in [-0.15, -0.1) is 0 Å². The van der Waals surface area contributed by atoms with Crippen LogP contribution in [-0.4, -0.2) is 14.3 Å². The number of benzene rings is 3. The van der Waals surface area contributed by atoms with E-state index in [2.05, 4.69) is 0 Å². The van der Waals surface area contributed by atoms with Crippen LogP contribution in [-0.2, 0) is 10.0 Å². The van der Waals surface area contributed by atoms with E-state index in [9.17, 15) is 18.0 Å². The number of carbonyl (C=O) groups is 1. The first kappa shape index (κ1) is 23.1. The second-order valence-corrected chi connectivity index (χ2v) is 11.1. The van der Waals surface area contributed by atoms with Crippen LogP contribution >= 0.6 is 11.3 Å². The van der Waals surface area contributed by atoms with E-state index in [1.807, 2.05) is 19.9 Å². The largest absolute Gasteiger partial charge is 0.459 e. The molecule has 0 saturated carbocycles. The van der Waals surface area contributed by atoms with Gasteiger partial charge in [0.15, 0.2) is 11.3 Å². The van der Waals surface area contributed by atoms with Crippen LogP contribution in [0.2, 0.25) is 0 Å². The summed E-state index contributed by atoms with van der Waals surface area (Å²) in [7, 11) is -4.42. The number of rotatable bonds is 4. The molecule has 7 nitrogen and oxygen atoms in total. The third-order valence-corrected chi connectivity index (χ3v) is 8.99. The van der Waals surface area contributed by atoms with Gasteiger partial charge in [-0.3, -0.25) is 4.79 Å². The Morgan fingerprint density at radius 1 is 0.914 bits per heavy atom. The molecule has 0 unspecified atom stereocenters. The summed E-state index contributed by atoms with van der Waals surface area (Å²) in [5.74, 6) is -0.967. The SMILES string of the molecule is Cc1cc(C)c(C)c(S(=O)(=O)N(C(=O)c2ccco2)c2cc3sc(=O)oc3c3ccccc23)c1C. The zero-order valence-corrected chi connectivity index (χ0v) is 21.0. The van der Waals surface area contributed by atoms with Crippen molar-refractivity contribution in [3.8, 4) is 0 Å². The zero-order chi connectivity index (χ0) is 25.1. The van der Waals surface area contributed by atoms with Crippen molar-refractivity contribution in [2.75, 3.05) is 4.31 Å². The number of fused-ring (bicyclic) bond motifs is 3. The van der Waals surface area contributed by atoms with E-state index in [1.54, 1.807) is 38.1 Å². The molecule has 5 aromatic rings. The molecule has 0 fully saturated rings. The van der Waals surface area contributed by atoms with Crippen molar-refractivity contribution < 1.29 is 22.0 Å². The van der Waals surface area contributed by atoms with Crippen LogP contribution in [0.3, 0.4) is 0 Å². The van der Waals surface area contributed by atoms with Gasteiger partial charge >= 0.3 is 10.8 Å². The smallest absolute Gasteiger partial charge is 0.396 e. The van der Waals surface area contributed by atoms with Crippen molar-refractivity contribution in [2.24, 2.45) is 0 Å². The predicted octanol–water partition coefficient (Wildman–Crippen LogP) is 5.87. The molecule has 3 aromatic carbocycles. The molecule has 0 aliphatic rings. The maximum absolute atomic E-state index is 14.4. The van der Waals surface area contributed by atoms with Gasteiger partial charge in [-0.25, -0.2) is 13.2 Å². The lowest BCUT2D eigenvalue weighted by molar-refractivity contribution is 0.0979. The van der Waals surface area contributed by atoms with Gasteiger partial charge in [0.25, 0.3) is 10.0 Å². The number of furan rings is 1. The first-order valence-electron chi connectivity index (χ1n) is 10.8. The lowest BCUT2D eigenvalue weighted by atomic mass is 10.0. The van der Waals surface area contributed by atoms with E-state index in [-0.39, 0.29) is 16.3 Å². The van der Waals surface area contributed by atoms with Gasteiger partial charge in [-0.1, -0.05) is 41.7 Å². The summed E-state index contributed by atoms with van der Waals surface area (Å²) in [6.07, 6.45) is 1.31. The minimum atomic E-state index is -4.42. The lowest BCUT2D eigenvalue weighted by Crippen LogP contribution is -2.38. The van der Waals surface area contributed by atoms with Crippen LogP contribution in [0.25, 0.3) is 21.1 Å². The van der Waals surface area contributed by atoms with E-state index >= 15 is 0 Å². The molecule has 178 valence electrons. The van der Waals surface area contributed by atoms with Crippen molar-refractivity contribution in [1.29, 1.82) is 0 Å².